The molecular weight excluding hydrogens is 220 g/mol. The van der Waals surface area contributed by atoms with Gasteiger partial charge in [0.05, 0.1) is 0 Å². The number of nitrogens with one attached hydrogen (secondary N) is 1. The molecular formula is C16H26N2. The Kier molecular flexibility index (Phi) is 4.08. The van der Waals surface area contributed by atoms with Crippen molar-refractivity contribution in [2.75, 3.05) is 27.2 Å². The molecule has 0 saturated carbocycles. The van der Waals surface area contributed by atoms with Gasteiger partial charge in [-0.1, -0.05) is 23.8 Å². The summed E-state index contributed by atoms with van der Waals surface area (Å²) in [7, 11) is 4.44. The van der Waals surface area contributed by atoms with Gasteiger partial charge in [-0.3, -0.25) is 0 Å². The molecule has 1 saturated heterocycles. The second-order valence-corrected chi connectivity index (χ2v) is 6.01. The van der Waals surface area contributed by atoms with E-state index in [2.05, 4.69) is 56.4 Å². The van der Waals surface area contributed by atoms with Crippen LogP contribution in [0.1, 0.15) is 29.5 Å². The summed E-state index contributed by atoms with van der Waals surface area (Å²) >= 11 is 0. The van der Waals surface area contributed by atoms with Gasteiger partial charge in [-0.05, 0) is 64.9 Å². The van der Waals surface area contributed by atoms with Gasteiger partial charge in [0.25, 0.3) is 0 Å². The lowest BCUT2D eigenvalue weighted by atomic mass is 9.81. The van der Waals surface area contributed by atoms with E-state index in [9.17, 15) is 0 Å². The number of likely N-dealkylation sites (N-methyl/N-ethyl adjacent to an activating group) is 1. The summed E-state index contributed by atoms with van der Waals surface area (Å²) in [5.74, 6) is 0. The number of hydrogen-bond acceptors (Lipinski definition) is 2. The van der Waals surface area contributed by atoms with Crippen molar-refractivity contribution in [3.8, 4) is 0 Å². The topological polar surface area (TPSA) is 15.3 Å². The number of piperidine rings is 1. The van der Waals surface area contributed by atoms with E-state index < -0.39 is 0 Å². The Balaban J connectivity index is 2.25. The molecule has 2 rings (SSSR count). The molecule has 0 aliphatic carbocycles. The first kappa shape index (κ1) is 13.6. The largest absolute Gasteiger partial charge is 0.315 e. The van der Waals surface area contributed by atoms with E-state index in [1.807, 2.05) is 0 Å². The fraction of sp³-hybridized carbons (Fsp3) is 0.625. The summed E-state index contributed by atoms with van der Waals surface area (Å²) < 4.78 is 0. The van der Waals surface area contributed by atoms with E-state index >= 15 is 0 Å². The van der Waals surface area contributed by atoms with Crippen LogP contribution in [0, 0.1) is 13.8 Å². The molecule has 100 valence electrons. The molecule has 0 amide bonds. The minimum absolute atomic E-state index is 0.288. The van der Waals surface area contributed by atoms with Gasteiger partial charge in [0.2, 0.25) is 0 Å². The van der Waals surface area contributed by atoms with E-state index in [1.54, 1.807) is 0 Å². The average molecular weight is 246 g/mol. The normalized spacial score (nSPS) is 24.5. The Labute approximate surface area is 111 Å². The highest BCUT2D eigenvalue weighted by Gasteiger charge is 2.34. The molecule has 1 unspecified atom stereocenters. The number of nitrogens with zero attached hydrogens (tertiary/aromatic N) is 1. The lowest BCUT2D eigenvalue weighted by Gasteiger charge is -2.43. The number of benzene rings is 1. The zero-order valence-electron chi connectivity index (χ0n) is 12.2. The van der Waals surface area contributed by atoms with Crippen molar-refractivity contribution in [1.82, 2.24) is 10.2 Å². The first-order chi connectivity index (χ1) is 8.53. The maximum absolute atomic E-state index is 3.57. The van der Waals surface area contributed by atoms with E-state index in [-0.39, 0.29) is 5.54 Å². The van der Waals surface area contributed by atoms with Crippen molar-refractivity contribution in [3.05, 3.63) is 34.9 Å². The molecule has 0 radical (unpaired) electrons. The average Bonchev–Trinajstić information content (AvgIpc) is 2.35. The number of rotatable bonds is 3. The third kappa shape index (κ3) is 2.76. The van der Waals surface area contributed by atoms with Gasteiger partial charge in [0.1, 0.15) is 0 Å². The summed E-state index contributed by atoms with van der Waals surface area (Å²) in [4.78, 5) is 2.42. The van der Waals surface area contributed by atoms with Gasteiger partial charge < -0.3 is 10.2 Å². The van der Waals surface area contributed by atoms with Crippen molar-refractivity contribution in [2.45, 2.75) is 38.6 Å². The van der Waals surface area contributed by atoms with Crippen LogP contribution in [-0.2, 0) is 6.42 Å². The van der Waals surface area contributed by atoms with Crippen molar-refractivity contribution >= 4 is 0 Å². The van der Waals surface area contributed by atoms with Crippen molar-refractivity contribution in [1.29, 1.82) is 0 Å². The van der Waals surface area contributed by atoms with Crippen molar-refractivity contribution in [2.24, 2.45) is 0 Å². The SMILES string of the molecule is Cc1ccc(C)c(CC2(N(C)C)CCCNC2)c1. The third-order valence-electron chi connectivity index (χ3n) is 4.42. The second kappa shape index (κ2) is 5.41. The molecule has 1 aliphatic heterocycles. The fourth-order valence-electron chi connectivity index (χ4n) is 2.99. The van der Waals surface area contributed by atoms with Crippen LogP contribution in [0.4, 0.5) is 0 Å². The molecule has 1 fully saturated rings. The quantitative estimate of drug-likeness (QED) is 0.881. The predicted molar refractivity (Wildman–Crippen MR) is 78.1 cm³/mol. The van der Waals surface area contributed by atoms with Crippen molar-refractivity contribution < 1.29 is 0 Å². The lowest BCUT2D eigenvalue weighted by Crippen LogP contribution is -2.56. The zero-order chi connectivity index (χ0) is 13.2. The number of aryl methyl sites for hydroxylation is 2. The van der Waals surface area contributed by atoms with Crippen LogP contribution in [0.5, 0.6) is 0 Å². The highest BCUT2D eigenvalue weighted by Crippen LogP contribution is 2.28. The summed E-state index contributed by atoms with van der Waals surface area (Å²) in [6.07, 6.45) is 3.73. The molecule has 1 aromatic carbocycles. The van der Waals surface area contributed by atoms with Gasteiger partial charge in [-0.2, -0.15) is 0 Å². The number of hydrogen-bond donors (Lipinski definition) is 1. The molecule has 2 nitrogen and oxygen atoms in total. The molecule has 1 aliphatic rings. The molecule has 1 atom stereocenters. The highest BCUT2D eigenvalue weighted by atomic mass is 15.2. The predicted octanol–water partition coefficient (Wildman–Crippen LogP) is 2.53. The molecule has 0 spiro atoms. The van der Waals surface area contributed by atoms with Crippen LogP contribution < -0.4 is 5.32 Å². The van der Waals surface area contributed by atoms with Gasteiger partial charge in [0, 0.05) is 12.1 Å². The van der Waals surface area contributed by atoms with Gasteiger partial charge in [-0.15, -0.1) is 0 Å². The summed E-state index contributed by atoms with van der Waals surface area (Å²) in [5.41, 5.74) is 4.59. The molecule has 1 heterocycles. The lowest BCUT2D eigenvalue weighted by molar-refractivity contribution is 0.114. The van der Waals surface area contributed by atoms with Crippen LogP contribution in [0.2, 0.25) is 0 Å². The monoisotopic (exact) mass is 246 g/mol. The van der Waals surface area contributed by atoms with Gasteiger partial charge in [-0.25, -0.2) is 0 Å². The van der Waals surface area contributed by atoms with Crippen LogP contribution in [0.15, 0.2) is 18.2 Å². The Morgan fingerprint density at radius 3 is 2.67 bits per heavy atom. The third-order valence-corrected chi connectivity index (χ3v) is 4.42. The summed E-state index contributed by atoms with van der Waals surface area (Å²) in [5, 5.41) is 3.57. The highest BCUT2D eigenvalue weighted by molar-refractivity contribution is 5.32. The van der Waals surface area contributed by atoms with Crippen LogP contribution in [0.3, 0.4) is 0 Å². The fourth-order valence-corrected chi connectivity index (χ4v) is 2.99. The van der Waals surface area contributed by atoms with Gasteiger partial charge in [0.15, 0.2) is 0 Å². The van der Waals surface area contributed by atoms with E-state index in [4.69, 9.17) is 0 Å². The maximum Gasteiger partial charge on any atom is 0.0368 e. The molecule has 1 aromatic rings. The zero-order valence-corrected chi connectivity index (χ0v) is 12.2. The van der Waals surface area contributed by atoms with Crippen LogP contribution >= 0.6 is 0 Å². The Morgan fingerprint density at radius 1 is 1.28 bits per heavy atom. The Hall–Kier alpha value is -0.860. The first-order valence-corrected chi connectivity index (χ1v) is 6.98. The first-order valence-electron chi connectivity index (χ1n) is 6.98. The molecule has 18 heavy (non-hydrogen) atoms. The van der Waals surface area contributed by atoms with Crippen LogP contribution in [0.25, 0.3) is 0 Å². The Morgan fingerprint density at radius 2 is 2.06 bits per heavy atom. The second-order valence-electron chi connectivity index (χ2n) is 6.01. The molecule has 2 heteroatoms. The van der Waals surface area contributed by atoms with E-state index in [0.29, 0.717) is 0 Å². The molecule has 0 aromatic heterocycles. The summed E-state index contributed by atoms with van der Waals surface area (Å²) in [6.45, 7) is 6.69. The van der Waals surface area contributed by atoms with Crippen molar-refractivity contribution in [3.63, 3.8) is 0 Å². The molecule has 0 bridgehead atoms. The maximum atomic E-state index is 3.57. The van der Waals surface area contributed by atoms with Crippen LogP contribution in [-0.4, -0.2) is 37.6 Å². The van der Waals surface area contributed by atoms with E-state index in [1.165, 1.54) is 36.1 Å². The Bertz CT molecular complexity index is 404. The minimum atomic E-state index is 0.288. The molecule has 1 N–H and O–H groups in total. The summed E-state index contributed by atoms with van der Waals surface area (Å²) in [6, 6.07) is 6.82. The smallest absolute Gasteiger partial charge is 0.0368 e. The standard InChI is InChI=1S/C16H26N2/c1-13-6-7-14(2)15(10-13)11-16(18(3)4)8-5-9-17-12-16/h6-7,10,17H,5,8-9,11-12H2,1-4H3. The van der Waals surface area contributed by atoms with E-state index in [0.717, 1.165) is 13.0 Å². The van der Waals surface area contributed by atoms with Gasteiger partial charge >= 0.3 is 0 Å². The minimum Gasteiger partial charge on any atom is -0.315 e.